The fourth-order valence-corrected chi connectivity index (χ4v) is 2.27. The molecule has 0 aliphatic heterocycles. The Hall–Kier alpha value is -1.80. The van der Waals surface area contributed by atoms with E-state index >= 15 is 0 Å². The van der Waals surface area contributed by atoms with Gasteiger partial charge in [-0.2, -0.15) is 0 Å². The first-order valence-electron chi connectivity index (χ1n) is 6.35. The van der Waals surface area contributed by atoms with Gasteiger partial charge in [0.1, 0.15) is 5.52 Å². The van der Waals surface area contributed by atoms with Crippen LogP contribution in [-0.4, -0.2) is 4.98 Å². The number of aryl methyl sites for hydroxylation is 1. The summed E-state index contributed by atoms with van der Waals surface area (Å²) >= 11 is 5.85. The first kappa shape index (κ1) is 12.2. The number of rotatable bonds is 3. The van der Waals surface area contributed by atoms with Gasteiger partial charge in [-0.3, -0.25) is 0 Å². The molecule has 3 heteroatoms. The summed E-state index contributed by atoms with van der Waals surface area (Å²) in [6, 6.07) is 14.1. The first-order chi connectivity index (χ1) is 9.30. The molecule has 2 nitrogen and oxygen atoms in total. The van der Waals surface area contributed by atoms with Crippen LogP contribution in [0.5, 0.6) is 0 Å². The maximum Gasteiger partial charge on any atom is 0.227 e. The Morgan fingerprint density at radius 1 is 1.11 bits per heavy atom. The Morgan fingerprint density at radius 2 is 2.00 bits per heavy atom. The topological polar surface area (TPSA) is 26.0 Å². The van der Waals surface area contributed by atoms with Gasteiger partial charge in [0.05, 0.1) is 0 Å². The Morgan fingerprint density at radius 3 is 2.79 bits per heavy atom. The summed E-state index contributed by atoms with van der Waals surface area (Å²) < 4.78 is 5.80. The van der Waals surface area contributed by atoms with Crippen LogP contribution in [0.25, 0.3) is 22.6 Å². The minimum atomic E-state index is 0.494. The van der Waals surface area contributed by atoms with Gasteiger partial charge in [0.2, 0.25) is 5.89 Å². The van der Waals surface area contributed by atoms with E-state index in [1.54, 1.807) is 0 Å². The van der Waals surface area contributed by atoms with E-state index in [1.165, 1.54) is 5.56 Å². The van der Waals surface area contributed by atoms with Crippen molar-refractivity contribution in [2.24, 2.45) is 0 Å². The van der Waals surface area contributed by atoms with Crippen LogP contribution in [0.2, 0.25) is 0 Å². The van der Waals surface area contributed by atoms with Crippen molar-refractivity contribution in [2.75, 3.05) is 0 Å². The highest BCUT2D eigenvalue weighted by atomic mass is 35.5. The SMILES string of the molecule is CCc1ccc2oc(-c3cccc(CCl)c3)nc2c1. The molecule has 19 heavy (non-hydrogen) atoms. The van der Waals surface area contributed by atoms with E-state index in [4.69, 9.17) is 16.0 Å². The van der Waals surface area contributed by atoms with Crippen LogP contribution in [0, 0.1) is 0 Å². The molecule has 0 aliphatic rings. The molecule has 0 atom stereocenters. The smallest absolute Gasteiger partial charge is 0.227 e. The number of fused-ring (bicyclic) bond motifs is 1. The van der Waals surface area contributed by atoms with Crippen molar-refractivity contribution in [3.05, 3.63) is 53.6 Å². The first-order valence-corrected chi connectivity index (χ1v) is 6.88. The number of hydrogen-bond acceptors (Lipinski definition) is 2. The maximum absolute atomic E-state index is 5.85. The molecule has 0 N–H and O–H groups in total. The van der Waals surface area contributed by atoms with Crippen LogP contribution in [0.15, 0.2) is 46.9 Å². The zero-order valence-electron chi connectivity index (χ0n) is 10.7. The molecule has 0 saturated heterocycles. The van der Waals surface area contributed by atoms with Gasteiger partial charge in [0.15, 0.2) is 5.58 Å². The summed E-state index contributed by atoms with van der Waals surface area (Å²) in [7, 11) is 0. The number of oxazole rings is 1. The lowest BCUT2D eigenvalue weighted by atomic mass is 10.1. The molecule has 3 rings (SSSR count). The molecular weight excluding hydrogens is 258 g/mol. The molecule has 0 spiro atoms. The molecule has 0 amide bonds. The predicted octanol–water partition coefficient (Wildman–Crippen LogP) is 4.80. The highest BCUT2D eigenvalue weighted by molar-refractivity contribution is 6.17. The molecule has 2 aromatic carbocycles. The standard InChI is InChI=1S/C16H14ClNO/c1-2-11-6-7-15-14(9-11)18-16(19-15)13-5-3-4-12(8-13)10-17/h3-9H,2,10H2,1H3. The normalized spacial score (nSPS) is 11.1. The fourth-order valence-electron chi connectivity index (χ4n) is 2.10. The Bertz CT molecular complexity index is 718. The highest BCUT2D eigenvalue weighted by Crippen LogP contribution is 2.26. The van der Waals surface area contributed by atoms with Crippen LogP contribution in [-0.2, 0) is 12.3 Å². The van der Waals surface area contributed by atoms with E-state index in [2.05, 4.69) is 24.0 Å². The van der Waals surface area contributed by atoms with E-state index in [0.29, 0.717) is 11.8 Å². The van der Waals surface area contributed by atoms with E-state index in [0.717, 1.165) is 28.6 Å². The second-order valence-electron chi connectivity index (χ2n) is 4.51. The Kier molecular flexibility index (Phi) is 3.26. The van der Waals surface area contributed by atoms with Crippen molar-refractivity contribution in [3.8, 4) is 11.5 Å². The molecule has 3 aromatic rings. The third-order valence-electron chi connectivity index (χ3n) is 3.19. The minimum Gasteiger partial charge on any atom is -0.436 e. The van der Waals surface area contributed by atoms with Crippen molar-refractivity contribution >= 4 is 22.7 Å². The number of hydrogen-bond donors (Lipinski definition) is 0. The summed E-state index contributed by atoms with van der Waals surface area (Å²) in [6.45, 7) is 2.13. The number of aromatic nitrogens is 1. The van der Waals surface area contributed by atoms with Gasteiger partial charge in [-0.1, -0.05) is 25.1 Å². The second kappa shape index (κ2) is 5.06. The average Bonchev–Trinajstić information content (AvgIpc) is 2.90. The van der Waals surface area contributed by atoms with Gasteiger partial charge in [0.25, 0.3) is 0 Å². The zero-order chi connectivity index (χ0) is 13.2. The number of benzene rings is 2. The third-order valence-corrected chi connectivity index (χ3v) is 3.50. The van der Waals surface area contributed by atoms with Crippen molar-refractivity contribution in [1.82, 2.24) is 4.98 Å². The third kappa shape index (κ3) is 2.36. The second-order valence-corrected chi connectivity index (χ2v) is 4.78. The molecule has 0 bridgehead atoms. The van der Waals surface area contributed by atoms with Gasteiger partial charge >= 0.3 is 0 Å². The van der Waals surface area contributed by atoms with Gasteiger partial charge in [-0.25, -0.2) is 4.98 Å². The summed E-state index contributed by atoms with van der Waals surface area (Å²) in [5.41, 5.74) is 5.03. The number of halogens is 1. The van der Waals surface area contributed by atoms with E-state index in [1.807, 2.05) is 30.3 Å². The van der Waals surface area contributed by atoms with Crippen molar-refractivity contribution in [1.29, 1.82) is 0 Å². The number of alkyl halides is 1. The Labute approximate surface area is 117 Å². The van der Waals surface area contributed by atoms with Gasteiger partial charge in [0, 0.05) is 11.4 Å². The highest BCUT2D eigenvalue weighted by Gasteiger charge is 2.08. The average molecular weight is 272 g/mol. The largest absolute Gasteiger partial charge is 0.436 e. The van der Waals surface area contributed by atoms with Gasteiger partial charge in [-0.05, 0) is 41.8 Å². The van der Waals surface area contributed by atoms with Crippen LogP contribution in [0.3, 0.4) is 0 Å². The van der Waals surface area contributed by atoms with E-state index < -0.39 is 0 Å². The van der Waals surface area contributed by atoms with Crippen molar-refractivity contribution in [2.45, 2.75) is 19.2 Å². The van der Waals surface area contributed by atoms with Crippen LogP contribution >= 0.6 is 11.6 Å². The predicted molar refractivity (Wildman–Crippen MR) is 78.4 cm³/mol. The molecular formula is C16H14ClNO. The Balaban J connectivity index is 2.09. The van der Waals surface area contributed by atoms with Crippen LogP contribution < -0.4 is 0 Å². The lowest BCUT2D eigenvalue weighted by molar-refractivity contribution is 0.619. The zero-order valence-corrected chi connectivity index (χ0v) is 11.4. The summed E-state index contributed by atoms with van der Waals surface area (Å²) in [5.74, 6) is 1.14. The molecule has 0 saturated carbocycles. The summed E-state index contributed by atoms with van der Waals surface area (Å²) in [6.07, 6.45) is 1.000. The van der Waals surface area contributed by atoms with Gasteiger partial charge in [-0.15, -0.1) is 11.6 Å². The van der Waals surface area contributed by atoms with Crippen molar-refractivity contribution in [3.63, 3.8) is 0 Å². The van der Waals surface area contributed by atoms with Crippen LogP contribution in [0.4, 0.5) is 0 Å². The monoisotopic (exact) mass is 271 g/mol. The molecule has 0 aliphatic carbocycles. The molecule has 0 fully saturated rings. The van der Waals surface area contributed by atoms with Crippen molar-refractivity contribution < 1.29 is 4.42 Å². The number of nitrogens with zero attached hydrogens (tertiary/aromatic N) is 1. The van der Waals surface area contributed by atoms with Crippen LogP contribution in [0.1, 0.15) is 18.1 Å². The molecule has 96 valence electrons. The molecule has 0 unspecified atom stereocenters. The lowest BCUT2D eigenvalue weighted by Gasteiger charge is -1.97. The molecule has 0 radical (unpaired) electrons. The minimum absolute atomic E-state index is 0.494. The molecule has 1 aromatic heterocycles. The summed E-state index contributed by atoms with van der Waals surface area (Å²) in [4.78, 5) is 4.56. The lowest BCUT2D eigenvalue weighted by Crippen LogP contribution is -1.81. The van der Waals surface area contributed by atoms with Gasteiger partial charge < -0.3 is 4.42 Å². The maximum atomic E-state index is 5.85. The fraction of sp³-hybridized carbons (Fsp3) is 0.188. The quantitative estimate of drug-likeness (QED) is 0.640. The van der Waals surface area contributed by atoms with E-state index in [-0.39, 0.29) is 0 Å². The molecule has 1 heterocycles. The van der Waals surface area contributed by atoms with E-state index in [9.17, 15) is 0 Å². The summed E-state index contributed by atoms with van der Waals surface area (Å²) in [5, 5.41) is 0.